The van der Waals surface area contributed by atoms with Gasteiger partial charge in [-0.3, -0.25) is 4.79 Å². The summed E-state index contributed by atoms with van der Waals surface area (Å²) in [5.74, 6) is 6.96. The number of rotatable bonds is 3. The molecule has 4 atom stereocenters. The maximum Gasteiger partial charge on any atom is 0.532 e. The van der Waals surface area contributed by atoms with Crippen molar-refractivity contribution >= 4 is 20.8 Å². The Morgan fingerprint density at radius 1 is 1.07 bits per heavy atom. The Hall–Kier alpha value is -2.44. The van der Waals surface area contributed by atoms with Crippen molar-refractivity contribution in [3.63, 3.8) is 0 Å². The molecule has 4 fully saturated rings. The fraction of sp³-hybridized carbons (Fsp3) is 0.625. The van der Waals surface area contributed by atoms with Crippen molar-refractivity contribution in [1.29, 1.82) is 0 Å². The highest BCUT2D eigenvalue weighted by Crippen LogP contribution is 2.53. The molecule has 1 spiro atoms. The van der Waals surface area contributed by atoms with Gasteiger partial charge in [0.1, 0.15) is 6.61 Å². The standard InChI is InChI=1S/C32H43NO6Si/c1-5-9-28-25(4)29(40-37-17-13-26(14-18-38-40)15-19-39-40)12-16-32(28)20-23(2)24(3)21-33(30(32)34)31(35)36-22-27-10-7-6-8-11-27/h6-8,10-11,23-24,26,28H,12-22H2,1-4H3/t23-,24-,26?,28-,32+,40?/m0/s1. The van der Waals surface area contributed by atoms with Gasteiger partial charge >= 0.3 is 14.9 Å². The Balaban J connectivity index is 1.49. The Kier molecular flexibility index (Phi) is 8.86. The number of allylic oxidation sites excluding steroid dienone is 2. The van der Waals surface area contributed by atoms with E-state index in [4.69, 9.17) is 18.0 Å². The Labute approximate surface area is 239 Å². The van der Waals surface area contributed by atoms with E-state index >= 15 is 0 Å². The van der Waals surface area contributed by atoms with E-state index in [2.05, 4.69) is 32.6 Å². The van der Waals surface area contributed by atoms with Gasteiger partial charge in [-0.2, -0.15) is 0 Å². The lowest BCUT2D eigenvalue weighted by Gasteiger charge is -2.46. The third-order valence-corrected chi connectivity index (χ3v) is 12.8. The van der Waals surface area contributed by atoms with Gasteiger partial charge in [0.05, 0.1) is 11.3 Å². The number of nitrogens with zero attached hydrogens (tertiary/aromatic N) is 1. The Bertz CT molecular complexity index is 1160. The molecular weight excluding hydrogens is 522 g/mol. The van der Waals surface area contributed by atoms with Crippen molar-refractivity contribution in [2.45, 2.75) is 72.8 Å². The fourth-order valence-corrected chi connectivity index (χ4v) is 10.0. The van der Waals surface area contributed by atoms with Gasteiger partial charge in [-0.25, -0.2) is 9.69 Å². The number of imide groups is 1. The number of carbonyl (C=O) groups excluding carboxylic acids is 2. The maximum absolute atomic E-state index is 14.5. The maximum atomic E-state index is 14.5. The lowest BCUT2D eigenvalue weighted by Crippen LogP contribution is -2.56. The van der Waals surface area contributed by atoms with E-state index in [-0.39, 0.29) is 30.3 Å². The summed E-state index contributed by atoms with van der Waals surface area (Å²) in [5, 5.41) is 1.09. The van der Waals surface area contributed by atoms with Crippen LogP contribution >= 0.6 is 0 Å². The lowest BCUT2D eigenvalue weighted by atomic mass is 9.61. The van der Waals surface area contributed by atoms with Crippen molar-refractivity contribution in [2.75, 3.05) is 26.4 Å². The molecule has 0 unspecified atom stereocenters. The second-order valence-corrected chi connectivity index (χ2v) is 14.7. The number of amides is 2. The van der Waals surface area contributed by atoms with Crippen LogP contribution in [0.1, 0.15) is 71.8 Å². The second kappa shape index (κ2) is 12.2. The zero-order valence-corrected chi connectivity index (χ0v) is 25.4. The number of carbonyl (C=O) groups is 2. The molecule has 1 aromatic carbocycles. The van der Waals surface area contributed by atoms with E-state index in [0.717, 1.165) is 35.6 Å². The molecule has 4 heterocycles. The predicted octanol–water partition coefficient (Wildman–Crippen LogP) is 5.91. The van der Waals surface area contributed by atoms with E-state index in [1.807, 2.05) is 37.3 Å². The predicted molar refractivity (Wildman–Crippen MR) is 154 cm³/mol. The minimum absolute atomic E-state index is 0.128. The average Bonchev–Trinajstić information content (AvgIpc) is 3.00. The van der Waals surface area contributed by atoms with Gasteiger partial charge in [0, 0.05) is 31.6 Å². The van der Waals surface area contributed by atoms with E-state index in [9.17, 15) is 9.59 Å². The minimum Gasteiger partial charge on any atom is -0.444 e. The molecule has 7 nitrogen and oxygen atoms in total. The molecule has 0 N–H and O–H groups in total. The monoisotopic (exact) mass is 565 g/mol. The molecule has 6 rings (SSSR count). The fourth-order valence-electron chi connectivity index (χ4n) is 7.05. The van der Waals surface area contributed by atoms with Crippen LogP contribution in [0.2, 0.25) is 0 Å². The molecule has 2 amide bonds. The van der Waals surface area contributed by atoms with Crippen LogP contribution in [0.15, 0.2) is 41.1 Å². The number of benzene rings is 1. The number of hydrogen-bond donors (Lipinski definition) is 0. The average molecular weight is 566 g/mol. The Morgan fingerprint density at radius 3 is 2.35 bits per heavy atom. The normalized spacial score (nSPS) is 34.8. The number of ether oxygens (including phenoxy) is 1. The van der Waals surface area contributed by atoms with E-state index in [1.165, 1.54) is 4.90 Å². The highest BCUT2D eigenvalue weighted by Gasteiger charge is 2.58. The second-order valence-electron chi connectivity index (χ2n) is 12.1. The molecule has 5 aliphatic rings. The summed E-state index contributed by atoms with van der Waals surface area (Å²) >= 11 is 0. The lowest BCUT2D eigenvalue weighted by molar-refractivity contribution is -0.142. The molecule has 216 valence electrons. The number of fused-ring (bicyclic) bond motifs is 6. The highest BCUT2D eigenvalue weighted by molar-refractivity contribution is 6.69. The van der Waals surface area contributed by atoms with E-state index < -0.39 is 20.3 Å². The van der Waals surface area contributed by atoms with Gasteiger partial charge in [-0.15, -0.1) is 5.92 Å². The first-order valence-electron chi connectivity index (χ1n) is 14.9. The van der Waals surface area contributed by atoms with E-state index in [0.29, 0.717) is 51.5 Å². The van der Waals surface area contributed by atoms with Crippen molar-refractivity contribution in [3.8, 4) is 11.8 Å². The van der Waals surface area contributed by atoms with Crippen molar-refractivity contribution in [3.05, 3.63) is 46.7 Å². The van der Waals surface area contributed by atoms with Crippen LogP contribution in [0.4, 0.5) is 4.79 Å². The van der Waals surface area contributed by atoms with Crippen molar-refractivity contribution < 1.29 is 27.6 Å². The SMILES string of the molecule is CC#C[C@H]1C(C)=C([Si]23OCCC(CCO2)CCO3)CC[C@@]12C[C@H](C)[C@@H](C)CN(C(=O)OCc1ccccc1)C2=O. The number of likely N-dealkylation sites (tertiary alicyclic amines) is 1. The van der Waals surface area contributed by atoms with Gasteiger partial charge in [-0.1, -0.05) is 55.7 Å². The van der Waals surface area contributed by atoms with Crippen LogP contribution in [0.25, 0.3) is 0 Å². The first-order valence-corrected chi connectivity index (χ1v) is 16.6. The molecule has 0 saturated carbocycles. The molecule has 1 aliphatic carbocycles. The summed E-state index contributed by atoms with van der Waals surface area (Å²) in [6, 6.07) is 9.56. The highest BCUT2D eigenvalue weighted by atomic mass is 28.4. The van der Waals surface area contributed by atoms with Gasteiger partial charge in [-0.05, 0) is 75.7 Å². The third-order valence-electron chi connectivity index (χ3n) is 9.62. The largest absolute Gasteiger partial charge is 0.532 e. The van der Waals surface area contributed by atoms with Crippen LogP contribution < -0.4 is 0 Å². The summed E-state index contributed by atoms with van der Waals surface area (Å²) < 4.78 is 25.2. The van der Waals surface area contributed by atoms with Crippen LogP contribution in [0, 0.1) is 40.9 Å². The molecular formula is C32H43NO6Si. The third kappa shape index (κ3) is 5.54. The molecule has 2 bridgehead atoms. The van der Waals surface area contributed by atoms with Gasteiger partial charge in [0.2, 0.25) is 5.91 Å². The quantitative estimate of drug-likeness (QED) is 0.335. The van der Waals surface area contributed by atoms with Crippen LogP contribution in [-0.4, -0.2) is 52.1 Å². The van der Waals surface area contributed by atoms with E-state index in [1.54, 1.807) is 0 Å². The smallest absolute Gasteiger partial charge is 0.444 e. The minimum atomic E-state index is -3.10. The molecule has 0 aromatic heterocycles. The summed E-state index contributed by atoms with van der Waals surface area (Å²) in [4.78, 5) is 29.4. The first-order chi connectivity index (χ1) is 19.3. The van der Waals surface area contributed by atoms with Crippen molar-refractivity contribution in [2.24, 2.45) is 29.1 Å². The summed E-state index contributed by atoms with van der Waals surface area (Å²) in [5.41, 5.74) is 1.09. The number of hydrogen-bond acceptors (Lipinski definition) is 6. The zero-order valence-electron chi connectivity index (χ0n) is 24.4. The van der Waals surface area contributed by atoms with Gasteiger partial charge < -0.3 is 18.0 Å². The van der Waals surface area contributed by atoms with Crippen molar-refractivity contribution in [1.82, 2.24) is 4.90 Å². The first kappa shape index (κ1) is 29.1. The topological polar surface area (TPSA) is 74.3 Å². The van der Waals surface area contributed by atoms with Crippen LogP contribution in [0.3, 0.4) is 0 Å². The summed E-state index contributed by atoms with van der Waals surface area (Å²) in [6.07, 6.45) is 4.39. The van der Waals surface area contributed by atoms with Gasteiger partial charge in [0.15, 0.2) is 0 Å². The summed E-state index contributed by atoms with van der Waals surface area (Å²) in [7, 11) is -3.10. The van der Waals surface area contributed by atoms with Crippen LogP contribution in [0.5, 0.6) is 0 Å². The molecule has 4 saturated heterocycles. The van der Waals surface area contributed by atoms with Crippen LogP contribution in [-0.2, 0) is 29.4 Å². The summed E-state index contributed by atoms with van der Waals surface area (Å²) in [6.45, 7) is 10.6. The molecule has 1 aromatic rings. The zero-order chi connectivity index (χ0) is 28.3. The molecule has 4 aliphatic heterocycles. The Morgan fingerprint density at radius 2 is 1.73 bits per heavy atom. The molecule has 0 radical (unpaired) electrons. The van der Waals surface area contributed by atoms with Gasteiger partial charge in [0.25, 0.3) is 0 Å². The molecule has 40 heavy (non-hydrogen) atoms. The molecule has 8 heteroatoms.